The lowest BCUT2D eigenvalue weighted by molar-refractivity contribution is 0.0664. The second-order valence-electron chi connectivity index (χ2n) is 3.80. The van der Waals surface area contributed by atoms with Gasteiger partial charge in [-0.1, -0.05) is 12.1 Å². The Kier molecular flexibility index (Phi) is 4.96. The largest absolute Gasteiger partial charge is 0.395 e. The third-order valence-corrected chi connectivity index (χ3v) is 3.02. The highest BCUT2D eigenvalue weighted by molar-refractivity contribution is 9.10. The smallest absolute Gasteiger partial charge is 0.255 e. The van der Waals surface area contributed by atoms with Crippen molar-refractivity contribution in [3.8, 4) is 0 Å². The van der Waals surface area contributed by atoms with Crippen molar-refractivity contribution >= 4 is 21.8 Å². The molecule has 16 heavy (non-hydrogen) atoms. The van der Waals surface area contributed by atoms with Crippen LogP contribution in [0, 0.1) is 0 Å². The summed E-state index contributed by atoms with van der Waals surface area (Å²) in [5.41, 5.74) is 0.629. The van der Waals surface area contributed by atoms with Crippen LogP contribution in [0.3, 0.4) is 0 Å². The van der Waals surface area contributed by atoms with Gasteiger partial charge in [0.2, 0.25) is 0 Å². The first-order chi connectivity index (χ1) is 7.57. The zero-order valence-corrected chi connectivity index (χ0v) is 11.1. The summed E-state index contributed by atoms with van der Waals surface area (Å²) in [5, 5.41) is 8.95. The number of rotatable bonds is 4. The molecule has 0 heterocycles. The van der Waals surface area contributed by atoms with E-state index in [1.165, 1.54) is 0 Å². The van der Waals surface area contributed by atoms with E-state index in [0.717, 1.165) is 4.47 Å². The van der Waals surface area contributed by atoms with Crippen LogP contribution >= 0.6 is 15.9 Å². The van der Waals surface area contributed by atoms with Crippen molar-refractivity contribution in [3.05, 3.63) is 34.3 Å². The fourth-order valence-corrected chi connectivity index (χ4v) is 1.95. The second-order valence-corrected chi connectivity index (χ2v) is 4.65. The minimum atomic E-state index is -0.0588. The Hall–Kier alpha value is -0.870. The molecule has 1 aromatic rings. The van der Waals surface area contributed by atoms with Crippen molar-refractivity contribution in [2.24, 2.45) is 0 Å². The second kappa shape index (κ2) is 6.01. The van der Waals surface area contributed by atoms with E-state index in [2.05, 4.69) is 15.9 Å². The molecule has 0 aromatic heterocycles. The monoisotopic (exact) mass is 285 g/mol. The number of hydrogen-bond acceptors (Lipinski definition) is 2. The molecule has 0 bridgehead atoms. The summed E-state index contributed by atoms with van der Waals surface area (Å²) in [4.78, 5) is 13.8. The molecule has 0 aliphatic heterocycles. The van der Waals surface area contributed by atoms with E-state index in [1.807, 2.05) is 32.0 Å². The van der Waals surface area contributed by atoms with E-state index in [9.17, 15) is 4.79 Å². The predicted octanol–water partition coefficient (Wildman–Crippen LogP) is 2.29. The summed E-state index contributed by atoms with van der Waals surface area (Å²) < 4.78 is 0.781. The van der Waals surface area contributed by atoms with Crippen LogP contribution in [-0.4, -0.2) is 35.1 Å². The van der Waals surface area contributed by atoms with Crippen molar-refractivity contribution in [3.63, 3.8) is 0 Å². The van der Waals surface area contributed by atoms with Crippen LogP contribution in [0.5, 0.6) is 0 Å². The van der Waals surface area contributed by atoms with Crippen molar-refractivity contribution in [1.29, 1.82) is 0 Å². The third kappa shape index (κ3) is 3.06. The number of carbonyl (C=O) groups is 1. The van der Waals surface area contributed by atoms with Crippen molar-refractivity contribution in [2.75, 3.05) is 13.2 Å². The van der Waals surface area contributed by atoms with Gasteiger partial charge in [-0.2, -0.15) is 0 Å². The Morgan fingerprint density at radius 1 is 1.44 bits per heavy atom. The standard InChI is InChI=1S/C12H16BrNO2/c1-9(2)14(7-8-15)12(16)10-5-3-4-6-11(10)13/h3-6,9,15H,7-8H2,1-2H3. The fraction of sp³-hybridized carbons (Fsp3) is 0.417. The maximum Gasteiger partial charge on any atom is 0.255 e. The molecule has 1 amide bonds. The lowest BCUT2D eigenvalue weighted by Gasteiger charge is -2.26. The fourth-order valence-electron chi connectivity index (χ4n) is 1.49. The van der Waals surface area contributed by atoms with Gasteiger partial charge in [0.15, 0.2) is 0 Å². The maximum atomic E-state index is 12.2. The Balaban J connectivity index is 2.95. The molecule has 0 saturated carbocycles. The number of aliphatic hydroxyl groups excluding tert-OH is 1. The lowest BCUT2D eigenvalue weighted by atomic mass is 10.1. The Bertz CT molecular complexity index is 366. The summed E-state index contributed by atoms with van der Waals surface area (Å²) in [5.74, 6) is -0.0588. The van der Waals surface area contributed by atoms with Gasteiger partial charge in [-0.15, -0.1) is 0 Å². The van der Waals surface area contributed by atoms with Crippen LogP contribution < -0.4 is 0 Å². The number of carbonyl (C=O) groups excluding carboxylic acids is 1. The Morgan fingerprint density at radius 3 is 2.56 bits per heavy atom. The summed E-state index contributed by atoms with van der Waals surface area (Å²) in [6.45, 7) is 4.21. The van der Waals surface area contributed by atoms with Crippen molar-refractivity contribution < 1.29 is 9.90 Å². The van der Waals surface area contributed by atoms with Gasteiger partial charge in [0, 0.05) is 17.1 Å². The van der Waals surface area contributed by atoms with Crippen LogP contribution in [0.2, 0.25) is 0 Å². The first kappa shape index (κ1) is 13.2. The highest BCUT2D eigenvalue weighted by Gasteiger charge is 2.19. The number of benzene rings is 1. The first-order valence-corrected chi connectivity index (χ1v) is 6.03. The highest BCUT2D eigenvalue weighted by Crippen LogP contribution is 2.18. The number of halogens is 1. The van der Waals surface area contributed by atoms with Gasteiger partial charge < -0.3 is 10.0 Å². The quantitative estimate of drug-likeness (QED) is 0.922. The Labute approximate surface area is 104 Å². The molecule has 1 N–H and O–H groups in total. The van der Waals surface area contributed by atoms with Crippen LogP contribution in [0.1, 0.15) is 24.2 Å². The number of hydrogen-bond donors (Lipinski definition) is 1. The van der Waals surface area contributed by atoms with Gasteiger partial charge in [-0.05, 0) is 41.9 Å². The van der Waals surface area contributed by atoms with E-state index in [4.69, 9.17) is 5.11 Å². The van der Waals surface area contributed by atoms with Crippen LogP contribution in [-0.2, 0) is 0 Å². The predicted molar refractivity (Wildman–Crippen MR) is 67.4 cm³/mol. The first-order valence-electron chi connectivity index (χ1n) is 5.24. The number of aliphatic hydroxyl groups is 1. The third-order valence-electron chi connectivity index (χ3n) is 2.33. The summed E-state index contributed by atoms with van der Waals surface area (Å²) >= 11 is 3.36. The molecule has 0 fully saturated rings. The van der Waals surface area contributed by atoms with Gasteiger partial charge in [0.25, 0.3) is 5.91 Å². The summed E-state index contributed by atoms with van der Waals surface area (Å²) in [6.07, 6.45) is 0. The van der Waals surface area contributed by atoms with Crippen LogP contribution in [0.4, 0.5) is 0 Å². The molecule has 3 nitrogen and oxygen atoms in total. The molecular weight excluding hydrogens is 270 g/mol. The van der Waals surface area contributed by atoms with Gasteiger partial charge in [-0.3, -0.25) is 4.79 Å². The van der Waals surface area contributed by atoms with E-state index in [1.54, 1.807) is 11.0 Å². The van der Waals surface area contributed by atoms with Gasteiger partial charge in [0.1, 0.15) is 0 Å². The zero-order valence-electron chi connectivity index (χ0n) is 9.48. The van der Waals surface area contributed by atoms with Gasteiger partial charge in [-0.25, -0.2) is 0 Å². The minimum absolute atomic E-state index is 0.0195. The molecule has 0 aliphatic rings. The summed E-state index contributed by atoms with van der Waals surface area (Å²) in [6, 6.07) is 7.39. The normalized spacial score (nSPS) is 10.6. The van der Waals surface area contributed by atoms with Crippen LogP contribution in [0.25, 0.3) is 0 Å². The molecule has 1 rings (SSSR count). The van der Waals surface area contributed by atoms with E-state index >= 15 is 0 Å². The zero-order chi connectivity index (χ0) is 12.1. The molecule has 1 aromatic carbocycles. The number of nitrogens with zero attached hydrogens (tertiary/aromatic N) is 1. The molecule has 0 spiro atoms. The SMILES string of the molecule is CC(C)N(CCO)C(=O)c1ccccc1Br. The van der Waals surface area contributed by atoms with E-state index in [-0.39, 0.29) is 18.6 Å². The average molecular weight is 286 g/mol. The van der Waals surface area contributed by atoms with Gasteiger partial charge in [0.05, 0.1) is 12.2 Å². The molecule has 0 radical (unpaired) electrons. The van der Waals surface area contributed by atoms with E-state index < -0.39 is 0 Å². The molecular formula is C12H16BrNO2. The molecule has 0 aliphatic carbocycles. The summed E-state index contributed by atoms with van der Waals surface area (Å²) in [7, 11) is 0. The maximum absolute atomic E-state index is 12.2. The Morgan fingerprint density at radius 2 is 2.06 bits per heavy atom. The molecule has 88 valence electrons. The topological polar surface area (TPSA) is 40.5 Å². The van der Waals surface area contributed by atoms with E-state index in [0.29, 0.717) is 12.1 Å². The minimum Gasteiger partial charge on any atom is -0.395 e. The molecule has 0 atom stereocenters. The van der Waals surface area contributed by atoms with Gasteiger partial charge >= 0.3 is 0 Å². The molecule has 4 heteroatoms. The molecule has 0 saturated heterocycles. The van der Waals surface area contributed by atoms with Crippen molar-refractivity contribution in [2.45, 2.75) is 19.9 Å². The molecule has 0 unspecified atom stereocenters. The van der Waals surface area contributed by atoms with Crippen molar-refractivity contribution in [1.82, 2.24) is 4.90 Å². The van der Waals surface area contributed by atoms with Crippen LogP contribution in [0.15, 0.2) is 28.7 Å². The lowest BCUT2D eigenvalue weighted by Crippen LogP contribution is -2.39. The highest BCUT2D eigenvalue weighted by atomic mass is 79.9. The number of amides is 1. The average Bonchev–Trinajstić information content (AvgIpc) is 2.25.